The molecule has 23 heavy (non-hydrogen) atoms. The van der Waals surface area contributed by atoms with E-state index >= 15 is 0 Å². The van der Waals surface area contributed by atoms with Crippen LogP contribution >= 0.6 is 0 Å². The molecular weight excluding hydrogens is 296 g/mol. The average molecular weight is 326 g/mol. The van der Waals surface area contributed by atoms with Crippen molar-refractivity contribution in [3.8, 4) is 0 Å². The molecule has 1 heterocycles. The van der Waals surface area contributed by atoms with Crippen molar-refractivity contribution in [3.05, 3.63) is 24.3 Å². The maximum absolute atomic E-state index is 10.4. The van der Waals surface area contributed by atoms with Gasteiger partial charge in [-0.15, -0.1) is 0 Å². The molecule has 0 bridgehead atoms. The number of hydrogen-bond acceptors (Lipinski definition) is 4. The fourth-order valence-electron chi connectivity index (χ4n) is 2.76. The first-order valence-electron chi connectivity index (χ1n) is 8.52. The molecule has 132 valence electrons. The van der Waals surface area contributed by atoms with E-state index in [4.69, 9.17) is 9.84 Å². The van der Waals surface area contributed by atoms with Crippen LogP contribution in [0, 0.1) is 0 Å². The molecule has 4 atom stereocenters. The summed E-state index contributed by atoms with van der Waals surface area (Å²) in [6.07, 6.45) is 12.6. The molecular formula is C18H30O5. The van der Waals surface area contributed by atoms with Crippen LogP contribution in [0.5, 0.6) is 0 Å². The lowest BCUT2D eigenvalue weighted by Crippen LogP contribution is -2.25. The highest BCUT2D eigenvalue weighted by Gasteiger charge is 2.17. The van der Waals surface area contributed by atoms with Gasteiger partial charge in [0.15, 0.2) is 0 Å². The molecule has 5 nitrogen and oxygen atoms in total. The molecule has 5 heteroatoms. The summed E-state index contributed by atoms with van der Waals surface area (Å²) in [5, 5.41) is 27.6. The minimum Gasteiger partial charge on any atom is -0.481 e. The number of hydrogen-bond donors (Lipinski definition) is 3. The fraction of sp³-hybridized carbons (Fsp3) is 0.722. The number of carboxylic acids is 1. The van der Waals surface area contributed by atoms with Crippen LogP contribution in [0.25, 0.3) is 0 Å². The zero-order valence-corrected chi connectivity index (χ0v) is 13.9. The number of aliphatic hydroxyl groups excluding tert-OH is 2. The summed E-state index contributed by atoms with van der Waals surface area (Å²) in [7, 11) is 0. The molecule has 0 unspecified atom stereocenters. The Bertz CT molecular complexity index is 391. The number of rotatable bonds is 10. The van der Waals surface area contributed by atoms with Crippen LogP contribution in [0.1, 0.15) is 58.3 Å². The number of carboxylic acid groups (broad SMARTS) is 1. The Hall–Kier alpha value is -1.17. The molecule has 0 saturated carbocycles. The standard InChI is InChI=1S/C18H30O5/c1-14-8-7-11-17(23-14)10-6-4-2-3-5-9-15(19)12-16(20)13-18(21)22/h2,4-5,9,14-17,19-20H,3,6-8,10-13H2,1H3,(H,21,22)/b4-2-,9-5-/t14-,15+,16+,17-/m0/s1. The van der Waals surface area contributed by atoms with E-state index in [1.165, 1.54) is 12.8 Å². The van der Waals surface area contributed by atoms with Crippen LogP contribution in [0.3, 0.4) is 0 Å². The van der Waals surface area contributed by atoms with Gasteiger partial charge in [0, 0.05) is 6.42 Å². The molecule has 1 aliphatic rings. The quantitative estimate of drug-likeness (QED) is 0.537. The molecule has 0 aromatic heterocycles. The van der Waals surface area contributed by atoms with Gasteiger partial charge in [0.1, 0.15) is 0 Å². The van der Waals surface area contributed by atoms with Gasteiger partial charge in [-0.25, -0.2) is 0 Å². The van der Waals surface area contributed by atoms with Gasteiger partial charge in [-0.3, -0.25) is 4.79 Å². The first-order chi connectivity index (χ1) is 11.0. The summed E-state index contributed by atoms with van der Waals surface area (Å²) < 4.78 is 5.86. The van der Waals surface area contributed by atoms with E-state index in [0.717, 1.165) is 19.3 Å². The molecule has 0 aromatic rings. The summed E-state index contributed by atoms with van der Waals surface area (Å²) in [6, 6.07) is 0. The molecule has 0 aliphatic carbocycles. The van der Waals surface area contributed by atoms with Crippen LogP contribution < -0.4 is 0 Å². The molecule has 1 rings (SSSR count). The Labute approximate surface area is 138 Å². The van der Waals surface area contributed by atoms with Gasteiger partial charge >= 0.3 is 5.97 Å². The van der Waals surface area contributed by atoms with Crippen molar-refractivity contribution in [2.75, 3.05) is 0 Å². The van der Waals surface area contributed by atoms with E-state index in [0.29, 0.717) is 18.6 Å². The van der Waals surface area contributed by atoms with Crippen molar-refractivity contribution >= 4 is 5.97 Å². The average Bonchev–Trinajstić information content (AvgIpc) is 2.45. The van der Waals surface area contributed by atoms with Crippen LogP contribution in [0.2, 0.25) is 0 Å². The maximum Gasteiger partial charge on any atom is 0.305 e. The van der Waals surface area contributed by atoms with Crippen LogP contribution in [0.15, 0.2) is 24.3 Å². The molecule has 3 N–H and O–H groups in total. The minimum atomic E-state index is -1.06. The number of aliphatic hydroxyl groups is 2. The highest BCUT2D eigenvalue weighted by Crippen LogP contribution is 2.21. The van der Waals surface area contributed by atoms with Gasteiger partial charge in [-0.2, -0.15) is 0 Å². The lowest BCUT2D eigenvalue weighted by Gasteiger charge is -2.27. The van der Waals surface area contributed by atoms with Gasteiger partial charge in [-0.1, -0.05) is 24.3 Å². The predicted octanol–water partition coefficient (Wildman–Crippen LogP) is 2.81. The summed E-state index contributed by atoms with van der Waals surface area (Å²) in [6.45, 7) is 2.13. The summed E-state index contributed by atoms with van der Waals surface area (Å²) in [5.41, 5.74) is 0. The number of allylic oxidation sites excluding steroid dienone is 3. The van der Waals surface area contributed by atoms with Crippen molar-refractivity contribution in [3.63, 3.8) is 0 Å². The van der Waals surface area contributed by atoms with Crippen molar-refractivity contribution in [1.29, 1.82) is 0 Å². The van der Waals surface area contributed by atoms with E-state index in [2.05, 4.69) is 13.0 Å². The summed E-state index contributed by atoms with van der Waals surface area (Å²) in [5.74, 6) is -1.06. The Morgan fingerprint density at radius 2 is 2.04 bits per heavy atom. The molecule has 1 aliphatic heterocycles. The second kappa shape index (κ2) is 11.4. The third kappa shape index (κ3) is 10.3. The van der Waals surface area contributed by atoms with E-state index in [1.54, 1.807) is 6.08 Å². The van der Waals surface area contributed by atoms with Crippen molar-refractivity contribution in [2.24, 2.45) is 0 Å². The van der Waals surface area contributed by atoms with E-state index < -0.39 is 18.2 Å². The minimum absolute atomic E-state index is 0.0454. The van der Waals surface area contributed by atoms with Crippen molar-refractivity contribution in [2.45, 2.75) is 82.7 Å². The molecule has 1 fully saturated rings. The van der Waals surface area contributed by atoms with Gasteiger partial charge < -0.3 is 20.1 Å². The second-order valence-electron chi connectivity index (χ2n) is 6.27. The topological polar surface area (TPSA) is 87.0 Å². The van der Waals surface area contributed by atoms with Gasteiger partial charge in [0.05, 0.1) is 30.8 Å². The predicted molar refractivity (Wildman–Crippen MR) is 89.2 cm³/mol. The van der Waals surface area contributed by atoms with E-state index in [-0.39, 0.29) is 12.8 Å². The van der Waals surface area contributed by atoms with Gasteiger partial charge in [0.25, 0.3) is 0 Å². The second-order valence-corrected chi connectivity index (χ2v) is 6.27. The zero-order valence-electron chi connectivity index (χ0n) is 13.9. The van der Waals surface area contributed by atoms with Gasteiger partial charge in [0.2, 0.25) is 0 Å². The molecule has 0 amide bonds. The first kappa shape index (κ1) is 19.9. The lowest BCUT2D eigenvalue weighted by molar-refractivity contribution is -0.139. The smallest absolute Gasteiger partial charge is 0.305 e. The van der Waals surface area contributed by atoms with Crippen molar-refractivity contribution < 1.29 is 24.9 Å². The fourth-order valence-corrected chi connectivity index (χ4v) is 2.76. The summed E-state index contributed by atoms with van der Waals surface area (Å²) in [4.78, 5) is 10.4. The third-order valence-corrected chi connectivity index (χ3v) is 3.94. The molecule has 0 spiro atoms. The lowest BCUT2D eigenvalue weighted by atomic mass is 10.0. The van der Waals surface area contributed by atoms with Crippen LogP contribution in [0.4, 0.5) is 0 Å². The number of carbonyl (C=O) groups is 1. The normalized spacial score (nSPS) is 25.0. The highest BCUT2D eigenvalue weighted by molar-refractivity contribution is 5.67. The maximum atomic E-state index is 10.4. The van der Waals surface area contributed by atoms with E-state index in [1.807, 2.05) is 12.2 Å². The summed E-state index contributed by atoms with van der Waals surface area (Å²) >= 11 is 0. The monoisotopic (exact) mass is 326 g/mol. The Morgan fingerprint density at radius 1 is 1.26 bits per heavy atom. The first-order valence-corrected chi connectivity index (χ1v) is 8.52. The molecule has 0 aromatic carbocycles. The highest BCUT2D eigenvalue weighted by atomic mass is 16.5. The van der Waals surface area contributed by atoms with Crippen LogP contribution in [-0.4, -0.2) is 45.7 Å². The molecule has 1 saturated heterocycles. The number of ether oxygens (including phenoxy) is 1. The largest absolute Gasteiger partial charge is 0.481 e. The Balaban J connectivity index is 2.09. The third-order valence-electron chi connectivity index (χ3n) is 3.94. The Morgan fingerprint density at radius 3 is 2.74 bits per heavy atom. The SMILES string of the molecule is C[C@H]1CCC[C@H](CC/C=C\C/C=C\[C@@H](O)C[C@@H](O)CC(=O)O)O1. The van der Waals surface area contributed by atoms with Gasteiger partial charge in [-0.05, 0) is 45.4 Å². The van der Waals surface area contributed by atoms with Crippen molar-refractivity contribution in [1.82, 2.24) is 0 Å². The van der Waals surface area contributed by atoms with E-state index in [9.17, 15) is 15.0 Å². The number of aliphatic carboxylic acids is 1. The van der Waals surface area contributed by atoms with Crippen LogP contribution in [-0.2, 0) is 9.53 Å². The Kier molecular flexibility index (Phi) is 9.83. The zero-order chi connectivity index (χ0) is 17.1. The molecule has 0 radical (unpaired) electrons.